The quantitative estimate of drug-likeness (QED) is 0.803. The van der Waals surface area contributed by atoms with Crippen molar-refractivity contribution in [3.8, 4) is 11.1 Å². The molecule has 0 aliphatic heterocycles. The first-order valence-corrected chi connectivity index (χ1v) is 7.29. The summed E-state index contributed by atoms with van der Waals surface area (Å²) in [6, 6.07) is 3.39. The number of fused-ring (bicyclic) bond motifs is 1. The Bertz CT molecular complexity index is 782. The zero-order valence-corrected chi connectivity index (χ0v) is 12.1. The third-order valence-electron chi connectivity index (χ3n) is 3.25. The third-order valence-corrected chi connectivity index (χ3v) is 4.19. The summed E-state index contributed by atoms with van der Waals surface area (Å²) >= 11 is 1.04. The van der Waals surface area contributed by atoms with Gasteiger partial charge in [-0.15, -0.1) is 11.3 Å². The van der Waals surface area contributed by atoms with Gasteiger partial charge in [-0.2, -0.15) is 5.10 Å². The van der Waals surface area contributed by atoms with Crippen molar-refractivity contribution in [2.45, 2.75) is 19.9 Å². The highest BCUT2D eigenvalue weighted by molar-refractivity contribution is 7.10. The van der Waals surface area contributed by atoms with E-state index in [2.05, 4.69) is 10.1 Å². The molecule has 3 aromatic rings. The van der Waals surface area contributed by atoms with E-state index in [0.717, 1.165) is 33.5 Å². The van der Waals surface area contributed by atoms with Crippen molar-refractivity contribution in [3.05, 3.63) is 34.3 Å². The van der Waals surface area contributed by atoms with E-state index in [9.17, 15) is 8.78 Å². The fourth-order valence-electron chi connectivity index (χ4n) is 2.24. The molecule has 0 aliphatic carbocycles. The van der Waals surface area contributed by atoms with E-state index in [1.807, 2.05) is 13.0 Å². The van der Waals surface area contributed by atoms with Gasteiger partial charge in [0.25, 0.3) is 6.43 Å². The Hall–Kier alpha value is -1.86. The predicted octanol–water partition coefficient (Wildman–Crippen LogP) is 3.40. The number of hydrogen-bond acceptors (Lipinski definition) is 4. The number of aliphatic hydroxyl groups excluding tert-OH is 1. The minimum atomic E-state index is -2.45. The zero-order valence-electron chi connectivity index (χ0n) is 11.3. The standard InChI is InChI=1S/C14H13F2N3OS/c1-8-11-4-9(10-5-12(13(15)16)21-7-10)6-17-14(11)19(18-8)2-3-20/h4-7,13,20H,2-3H2,1H3. The van der Waals surface area contributed by atoms with Crippen LogP contribution in [0.15, 0.2) is 23.7 Å². The molecule has 0 atom stereocenters. The van der Waals surface area contributed by atoms with Crippen LogP contribution in [-0.4, -0.2) is 26.5 Å². The SMILES string of the molecule is Cc1nn(CCO)c2ncc(-c3csc(C(F)F)c3)cc12. The molecule has 0 spiro atoms. The second kappa shape index (κ2) is 5.50. The number of hydrogen-bond donors (Lipinski definition) is 1. The molecule has 3 rings (SSSR count). The Labute approximate surface area is 123 Å². The van der Waals surface area contributed by atoms with Gasteiger partial charge < -0.3 is 5.11 Å². The van der Waals surface area contributed by atoms with Crippen molar-refractivity contribution in [1.29, 1.82) is 0 Å². The van der Waals surface area contributed by atoms with E-state index in [0.29, 0.717) is 12.2 Å². The lowest BCUT2D eigenvalue weighted by molar-refractivity contribution is 0.155. The summed E-state index contributed by atoms with van der Waals surface area (Å²) in [4.78, 5) is 4.41. The molecule has 7 heteroatoms. The van der Waals surface area contributed by atoms with E-state index in [1.54, 1.807) is 16.3 Å². The van der Waals surface area contributed by atoms with E-state index in [4.69, 9.17) is 5.11 Å². The van der Waals surface area contributed by atoms with E-state index >= 15 is 0 Å². The van der Waals surface area contributed by atoms with Gasteiger partial charge >= 0.3 is 0 Å². The first-order valence-electron chi connectivity index (χ1n) is 6.41. The van der Waals surface area contributed by atoms with Crippen LogP contribution in [0.3, 0.4) is 0 Å². The highest BCUT2D eigenvalue weighted by atomic mass is 32.1. The van der Waals surface area contributed by atoms with Crippen molar-refractivity contribution < 1.29 is 13.9 Å². The van der Waals surface area contributed by atoms with Gasteiger partial charge in [0.05, 0.1) is 23.7 Å². The van der Waals surface area contributed by atoms with Crippen LogP contribution in [0.5, 0.6) is 0 Å². The molecule has 1 N–H and O–H groups in total. The number of alkyl halides is 2. The van der Waals surface area contributed by atoms with Crippen molar-refractivity contribution in [1.82, 2.24) is 14.8 Å². The minimum absolute atomic E-state index is 0.0120. The summed E-state index contributed by atoms with van der Waals surface area (Å²) in [6.07, 6.45) is -0.802. The van der Waals surface area contributed by atoms with Gasteiger partial charge in [0, 0.05) is 17.1 Å². The molecule has 0 saturated carbocycles. The van der Waals surface area contributed by atoms with Crippen LogP contribution < -0.4 is 0 Å². The lowest BCUT2D eigenvalue weighted by Crippen LogP contribution is -2.04. The number of halogens is 2. The Morgan fingerprint density at radius 1 is 1.33 bits per heavy atom. The Balaban J connectivity index is 2.06. The lowest BCUT2D eigenvalue weighted by Gasteiger charge is -2.01. The summed E-state index contributed by atoms with van der Waals surface area (Å²) in [5.74, 6) is 0. The van der Waals surface area contributed by atoms with Crippen LogP contribution in [-0.2, 0) is 6.54 Å². The van der Waals surface area contributed by atoms with Crippen LogP contribution >= 0.6 is 11.3 Å². The monoisotopic (exact) mass is 309 g/mol. The summed E-state index contributed by atoms with van der Waals surface area (Å²) in [7, 11) is 0. The third kappa shape index (κ3) is 2.54. The summed E-state index contributed by atoms with van der Waals surface area (Å²) in [6.45, 7) is 2.23. The van der Waals surface area contributed by atoms with Gasteiger partial charge in [0.2, 0.25) is 0 Å². The van der Waals surface area contributed by atoms with Crippen LogP contribution in [0.1, 0.15) is 17.0 Å². The van der Waals surface area contributed by atoms with Crippen LogP contribution in [0.25, 0.3) is 22.2 Å². The predicted molar refractivity (Wildman–Crippen MR) is 77.6 cm³/mol. The van der Waals surface area contributed by atoms with E-state index in [1.165, 1.54) is 6.07 Å². The van der Waals surface area contributed by atoms with Crippen molar-refractivity contribution in [2.24, 2.45) is 0 Å². The molecule has 3 heterocycles. The van der Waals surface area contributed by atoms with Crippen molar-refractivity contribution in [2.75, 3.05) is 6.61 Å². The molecule has 0 saturated heterocycles. The first-order chi connectivity index (χ1) is 10.1. The van der Waals surface area contributed by atoms with Crippen LogP contribution in [0.4, 0.5) is 8.78 Å². The number of pyridine rings is 1. The molecular formula is C14H13F2N3OS. The minimum Gasteiger partial charge on any atom is -0.394 e. The Morgan fingerprint density at radius 3 is 2.81 bits per heavy atom. The van der Waals surface area contributed by atoms with Crippen molar-refractivity contribution in [3.63, 3.8) is 0 Å². The average molecular weight is 309 g/mol. The summed E-state index contributed by atoms with van der Waals surface area (Å²) in [5.41, 5.74) is 3.02. The van der Waals surface area contributed by atoms with E-state index < -0.39 is 6.43 Å². The zero-order chi connectivity index (χ0) is 15.0. The first kappa shape index (κ1) is 14.1. The maximum Gasteiger partial charge on any atom is 0.272 e. The highest BCUT2D eigenvalue weighted by Gasteiger charge is 2.13. The van der Waals surface area contributed by atoms with Gasteiger partial charge in [-0.3, -0.25) is 0 Å². The summed E-state index contributed by atoms with van der Waals surface area (Å²) < 4.78 is 27.0. The number of rotatable bonds is 4. The molecule has 21 heavy (non-hydrogen) atoms. The molecular weight excluding hydrogens is 296 g/mol. The molecule has 110 valence electrons. The number of aliphatic hydroxyl groups is 1. The second-order valence-corrected chi connectivity index (χ2v) is 5.61. The van der Waals surface area contributed by atoms with Crippen molar-refractivity contribution >= 4 is 22.4 Å². The highest BCUT2D eigenvalue weighted by Crippen LogP contribution is 2.32. The normalized spacial score (nSPS) is 11.7. The number of aryl methyl sites for hydroxylation is 1. The molecule has 0 amide bonds. The van der Waals surface area contributed by atoms with Gasteiger partial charge in [0.1, 0.15) is 0 Å². The maximum absolute atomic E-state index is 12.7. The largest absolute Gasteiger partial charge is 0.394 e. The molecule has 0 radical (unpaired) electrons. The molecule has 0 fully saturated rings. The maximum atomic E-state index is 12.7. The van der Waals surface area contributed by atoms with Gasteiger partial charge in [-0.25, -0.2) is 18.4 Å². The molecule has 0 aromatic carbocycles. The van der Waals surface area contributed by atoms with Crippen LogP contribution in [0.2, 0.25) is 0 Å². The lowest BCUT2D eigenvalue weighted by atomic mass is 10.1. The molecule has 4 nitrogen and oxygen atoms in total. The number of nitrogens with zero attached hydrogens (tertiary/aromatic N) is 3. The molecule has 3 aromatic heterocycles. The molecule has 0 aliphatic rings. The fourth-order valence-corrected chi connectivity index (χ4v) is 3.00. The van der Waals surface area contributed by atoms with Gasteiger partial charge in [-0.05, 0) is 30.0 Å². The van der Waals surface area contributed by atoms with Crippen LogP contribution in [0, 0.1) is 6.92 Å². The molecule has 0 unspecified atom stereocenters. The fraction of sp³-hybridized carbons (Fsp3) is 0.286. The van der Waals surface area contributed by atoms with E-state index in [-0.39, 0.29) is 11.5 Å². The summed E-state index contributed by atoms with van der Waals surface area (Å²) in [5, 5.41) is 15.9. The second-order valence-electron chi connectivity index (χ2n) is 4.67. The molecule has 0 bridgehead atoms. The smallest absolute Gasteiger partial charge is 0.272 e. The van der Waals surface area contributed by atoms with Gasteiger partial charge in [0.15, 0.2) is 5.65 Å². The Morgan fingerprint density at radius 2 is 2.14 bits per heavy atom. The number of thiophene rings is 1. The average Bonchev–Trinajstić information content (AvgIpc) is 3.06. The number of aromatic nitrogens is 3. The Kier molecular flexibility index (Phi) is 3.69. The topological polar surface area (TPSA) is 50.9 Å². The van der Waals surface area contributed by atoms with Gasteiger partial charge in [-0.1, -0.05) is 0 Å².